The molecule has 0 aromatic heterocycles. The Morgan fingerprint density at radius 3 is 0.747 bits per heavy atom. The van der Waals surface area contributed by atoms with Crippen molar-refractivity contribution in [1.82, 2.24) is 0 Å². The van der Waals surface area contributed by atoms with Crippen molar-refractivity contribution >= 4 is 39.5 Å². The summed E-state index contributed by atoms with van der Waals surface area (Å²) in [4.78, 5) is 72.8. The van der Waals surface area contributed by atoms with Crippen LogP contribution in [0.25, 0.3) is 0 Å². The molecule has 0 aromatic rings. The van der Waals surface area contributed by atoms with E-state index in [4.69, 9.17) is 37.0 Å². The van der Waals surface area contributed by atoms with Crippen molar-refractivity contribution in [3.05, 3.63) is 0 Å². The minimum absolute atomic E-state index is 0.105. The summed E-state index contributed by atoms with van der Waals surface area (Å²) in [6.07, 6.45) is 49.9. The van der Waals surface area contributed by atoms with Gasteiger partial charge in [-0.2, -0.15) is 0 Å². The Morgan fingerprint density at radius 2 is 0.505 bits per heavy atom. The van der Waals surface area contributed by atoms with Crippen LogP contribution in [0.3, 0.4) is 0 Å². The maximum absolute atomic E-state index is 13.1. The van der Waals surface area contributed by atoms with Crippen molar-refractivity contribution in [1.29, 1.82) is 0 Å². The third-order valence-corrected chi connectivity index (χ3v) is 19.8. The fraction of sp³-hybridized carbons (Fsp3) is 0.947. The Morgan fingerprint density at radius 1 is 0.295 bits per heavy atom. The summed E-state index contributed by atoms with van der Waals surface area (Å²) in [5, 5.41) is 10.6. The van der Waals surface area contributed by atoms with Gasteiger partial charge in [0.05, 0.1) is 26.4 Å². The molecule has 3 N–H and O–H groups in total. The van der Waals surface area contributed by atoms with Crippen molar-refractivity contribution in [2.75, 3.05) is 39.6 Å². The maximum Gasteiger partial charge on any atom is 0.472 e. The lowest BCUT2D eigenvalue weighted by molar-refractivity contribution is -0.161. The van der Waals surface area contributed by atoms with Gasteiger partial charge in [-0.05, 0) is 49.4 Å². The second kappa shape index (κ2) is 65.4. The predicted molar refractivity (Wildman–Crippen MR) is 386 cm³/mol. The highest BCUT2D eigenvalue weighted by Crippen LogP contribution is 2.45. The highest BCUT2D eigenvalue weighted by Gasteiger charge is 2.30. The van der Waals surface area contributed by atoms with Crippen LogP contribution in [0.15, 0.2) is 0 Å². The van der Waals surface area contributed by atoms with Gasteiger partial charge in [0, 0.05) is 25.7 Å². The number of aliphatic hydroxyl groups is 1. The Balaban J connectivity index is 5.26. The molecule has 0 aliphatic rings. The van der Waals surface area contributed by atoms with E-state index in [0.29, 0.717) is 25.7 Å². The van der Waals surface area contributed by atoms with Crippen LogP contribution in [0.4, 0.5) is 0 Å². The molecule has 0 aliphatic carbocycles. The van der Waals surface area contributed by atoms with Crippen LogP contribution < -0.4 is 0 Å². The topological polar surface area (TPSA) is 237 Å². The molecule has 564 valence electrons. The number of rotatable bonds is 73. The van der Waals surface area contributed by atoms with Crippen LogP contribution in [-0.4, -0.2) is 96.7 Å². The number of phosphoric ester groups is 2. The minimum atomic E-state index is -4.96. The van der Waals surface area contributed by atoms with Gasteiger partial charge >= 0.3 is 39.5 Å². The summed E-state index contributed by atoms with van der Waals surface area (Å²) in [5.41, 5.74) is 0. The maximum atomic E-state index is 13.1. The zero-order chi connectivity index (χ0) is 70.3. The van der Waals surface area contributed by atoms with Crippen molar-refractivity contribution in [3.63, 3.8) is 0 Å². The number of hydrogen-bond acceptors (Lipinski definition) is 15. The van der Waals surface area contributed by atoms with E-state index >= 15 is 0 Å². The average Bonchev–Trinajstić information content (AvgIpc) is 1.24. The zero-order valence-electron chi connectivity index (χ0n) is 62.3. The van der Waals surface area contributed by atoms with Gasteiger partial charge < -0.3 is 33.8 Å². The molecule has 95 heavy (non-hydrogen) atoms. The van der Waals surface area contributed by atoms with E-state index in [1.54, 1.807) is 0 Å². The lowest BCUT2D eigenvalue weighted by Crippen LogP contribution is -2.30. The summed E-state index contributed by atoms with van der Waals surface area (Å²) < 4.78 is 68.5. The molecular formula is C76H148O17P2. The van der Waals surface area contributed by atoms with Crippen molar-refractivity contribution < 1.29 is 80.2 Å². The molecule has 0 rings (SSSR count). The molecule has 19 heteroatoms. The second-order valence-corrected chi connectivity index (χ2v) is 32.0. The van der Waals surface area contributed by atoms with E-state index in [1.807, 2.05) is 0 Å². The summed E-state index contributed by atoms with van der Waals surface area (Å²) in [6, 6.07) is 0. The van der Waals surface area contributed by atoms with E-state index in [0.717, 1.165) is 114 Å². The molecule has 0 spiro atoms. The first kappa shape index (κ1) is 93.1. The van der Waals surface area contributed by atoms with E-state index in [1.165, 1.54) is 186 Å². The first-order chi connectivity index (χ1) is 45.6. The molecule has 0 heterocycles. The molecule has 17 nitrogen and oxygen atoms in total. The van der Waals surface area contributed by atoms with Gasteiger partial charge in [-0.3, -0.25) is 37.3 Å². The molecule has 0 aromatic carbocycles. The Labute approximate surface area is 581 Å². The van der Waals surface area contributed by atoms with Crippen molar-refractivity contribution in [2.45, 2.75) is 401 Å². The van der Waals surface area contributed by atoms with Crippen LogP contribution >= 0.6 is 15.6 Å². The van der Waals surface area contributed by atoms with Crippen LogP contribution in [-0.2, 0) is 65.4 Å². The first-order valence-corrected chi connectivity index (χ1v) is 42.2. The van der Waals surface area contributed by atoms with Gasteiger partial charge in [0.15, 0.2) is 12.2 Å². The lowest BCUT2D eigenvalue weighted by atomic mass is 9.99. The molecule has 0 amide bonds. The number of unbranched alkanes of at least 4 members (excludes halogenated alkanes) is 38. The molecule has 0 bridgehead atoms. The van der Waals surface area contributed by atoms with E-state index in [-0.39, 0.29) is 25.7 Å². The highest BCUT2D eigenvalue weighted by atomic mass is 31.2. The molecule has 0 fully saturated rings. The average molecular weight is 1400 g/mol. The third kappa shape index (κ3) is 69.0. The Hall–Kier alpha value is -1.94. The summed E-state index contributed by atoms with van der Waals surface area (Å²) in [7, 11) is -9.91. The molecule has 0 radical (unpaired) electrons. The highest BCUT2D eigenvalue weighted by molar-refractivity contribution is 7.47. The number of esters is 4. The number of carbonyl (C=O) groups is 4. The van der Waals surface area contributed by atoms with Crippen LogP contribution in [0.1, 0.15) is 383 Å². The standard InChI is InChI=1S/C76H148O17P2/c1-9-69(8)55-47-39-31-23-14-12-10-11-13-15-25-34-42-50-58-75(80)92-71(62-86-73(78)56-48-40-32-24-17-16-20-28-36-44-52-66(2)3)64-90-94(82,83)88-60-70(77)61-89-95(84,85)91-65-72(93-76(81)59-51-43-35-27-19-22-30-38-46-54-68(6)7)63-87-74(79)57-49-41-33-26-18-21-29-37-45-53-67(4)5/h66-72,77H,9-65H2,1-8H3,(H,82,83)(H,84,85)/t69?,70-,71-,72-/m1/s1. The fourth-order valence-electron chi connectivity index (χ4n) is 11.5. The van der Waals surface area contributed by atoms with E-state index < -0.39 is 97.5 Å². The summed E-state index contributed by atoms with van der Waals surface area (Å²) >= 11 is 0. The number of carbonyl (C=O) groups excluding carboxylic acids is 4. The molecule has 0 saturated heterocycles. The van der Waals surface area contributed by atoms with E-state index in [9.17, 15) is 43.2 Å². The Kier molecular flexibility index (Phi) is 64.0. The second-order valence-electron chi connectivity index (χ2n) is 29.1. The smallest absolute Gasteiger partial charge is 0.462 e. The lowest BCUT2D eigenvalue weighted by Gasteiger charge is -2.21. The molecule has 6 atom stereocenters. The largest absolute Gasteiger partial charge is 0.472 e. The first-order valence-electron chi connectivity index (χ1n) is 39.2. The summed E-state index contributed by atoms with van der Waals surface area (Å²) in [6.45, 7) is 14.2. The molecule has 0 aliphatic heterocycles. The fourth-order valence-corrected chi connectivity index (χ4v) is 13.1. The predicted octanol–water partition coefficient (Wildman–Crippen LogP) is 22.0. The van der Waals surface area contributed by atoms with Crippen LogP contribution in [0, 0.1) is 23.7 Å². The van der Waals surface area contributed by atoms with E-state index in [2.05, 4.69) is 55.4 Å². The SMILES string of the molecule is CCC(C)CCCCCCCCCCCCCCCCC(=O)O[C@H](COC(=O)CCCCCCCCCCCCC(C)C)COP(=O)(O)OC[C@@H](O)COP(=O)(O)OC[C@@H](COC(=O)CCCCCCCCCCCC(C)C)OC(=O)CCCCCCCCCCCC(C)C. The van der Waals surface area contributed by atoms with Gasteiger partial charge in [-0.1, -0.05) is 331 Å². The zero-order valence-corrected chi connectivity index (χ0v) is 64.1. The van der Waals surface area contributed by atoms with Crippen molar-refractivity contribution in [2.24, 2.45) is 23.7 Å². The summed E-state index contributed by atoms with van der Waals surface area (Å²) in [5.74, 6) is 0.964. The van der Waals surface area contributed by atoms with Crippen LogP contribution in [0.2, 0.25) is 0 Å². The molecule has 3 unspecified atom stereocenters. The third-order valence-electron chi connectivity index (χ3n) is 17.9. The van der Waals surface area contributed by atoms with Gasteiger partial charge in [0.25, 0.3) is 0 Å². The van der Waals surface area contributed by atoms with Gasteiger partial charge in [0.1, 0.15) is 19.3 Å². The van der Waals surface area contributed by atoms with Crippen LogP contribution in [0.5, 0.6) is 0 Å². The van der Waals surface area contributed by atoms with Gasteiger partial charge in [-0.15, -0.1) is 0 Å². The number of ether oxygens (including phenoxy) is 4. The van der Waals surface area contributed by atoms with Gasteiger partial charge in [0.2, 0.25) is 0 Å². The normalized spacial score (nSPS) is 14.4. The number of aliphatic hydroxyl groups excluding tert-OH is 1. The number of phosphoric acid groups is 2. The minimum Gasteiger partial charge on any atom is -0.462 e. The number of hydrogen-bond donors (Lipinski definition) is 3. The molecule has 0 saturated carbocycles. The Bertz CT molecular complexity index is 1870. The van der Waals surface area contributed by atoms with Crippen molar-refractivity contribution in [3.8, 4) is 0 Å². The monoisotopic (exact) mass is 1400 g/mol. The van der Waals surface area contributed by atoms with Gasteiger partial charge in [-0.25, -0.2) is 9.13 Å². The molecular weight excluding hydrogens is 1250 g/mol. The quantitative estimate of drug-likeness (QED) is 0.0222.